The number of ether oxygens (including phenoxy) is 1. The number of fused-ring (bicyclic) bond motifs is 1. The molecule has 0 radical (unpaired) electrons. The molecule has 138 valence electrons. The van der Waals surface area contributed by atoms with E-state index in [1.54, 1.807) is 6.33 Å². The van der Waals surface area contributed by atoms with Gasteiger partial charge in [0.15, 0.2) is 11.5 Å². The number of aromatic nitrogens is 4. The third kappa shape index (κ3) is 2.57. The summed E-state index contributed by atoms with van der Waals surface area (Å²) in [6.07, 6.45) is 1.66. The van der Waals surface area contributed by atoms with Gasteiger partial charge in [0.1, 0.15) is 23.3 Å². The fraction of sp³-hybridized carbons (Fsp3) is 0.688. The fourth-order valence-corrected chi connectivity index (χ4v) is 6.82. The van der Waals surface area contributed by atoms with E-state index >= 15 is 0 Å². The molecule has 4 N–H and O–H groups in total. The number of anilines is 1. The van der Waals surface area contributed by atoms with Gasteiger partial charge in [-0.3, -0.25) is 4.57 Å². The van der Waals surface area contributed by atoms with Gasteiger partial charge in [-0.25, -0.2) is 15.0 Å². The summed E-state index contributed by atoms with van der Waals surface area (Å²) in [5.41, 5.74) is 6.80. The van der Waals surface area contributed by atoms with Crippen LogP contribution in [0.15, 0.2) is 12.7 Å². The number of hydrogen-bond donors (Lipinski definition) is 3. The summed E-state index contributed by atoms with van der Waals surface area (Å²) in [7, 11) is -1.59. The lowest BCUT2D eigenvalue weighted by molar-refractivity contribution is -0.0856. The maximum Gasteiger partial charge on any atom is 0.167 e. The van der Waals surface area contributed by atoms with E-state index in [2.05, 4.69) is 48.8 Å². The molecule has 9 heteroatoms. The monoisotopic (exact) mass is 365 g/mol. The lowest BCUT2D eigenvalue weighted by Crippen LogP contribution is -2.55. The highest BCUT2D eigenvalue weighted by Crippen LogP contribution is 2.51. The molecular formula is C16H27N5O3Si. The summed E-state index contributed by atoms with van der Waals surface area (Å²) < 4.78 is 8.30. The zero-order chi connectivity index (χ0) is 18.6. The Labute approximate surface area is 148 Å². The van der Waals surface area contributed by atoms with Crippen LogP contribution in [0.1, 0.15) is 20.8 Å². The maximum absolute atomic E-state index is 10.9. The molecule has 2 aromatic rings. The average molecular weight is 366 g/mol. The third-order valence-electron chi connectivity index (χ3n) is 5.19. The summed E-state index contributed by atoms with van der Waals surface area (Å²) >= 11 is 0. The van der Waals surface area contributed by atoms with Gasteiger partial charge >= 0.3 is 0 Å². The molecule has 0 unspecified atom stereocenters. The Morgan fingerprint density at radius 3 is 2.56 bits per heavy atom. The van der Waals surface area contributed by atoms with Crippen molar-refractivity contribution in [1.82, 2.24) is 19.5 Å². The van der Waals surface area contributed by atoms with Gasteiger partial charge in [0.2, 0.25) is 0 Å². The van der Waals surface area contributed by atoms with Crippen molar-refractivity contribution in [2.75, 3.05) is 12.3 Å². The Balaban J connectivity index is 2.30. The van der Waals surface area contributed by atoms with Crippen molar-refractivity contribution in [2.24, 2.45) is 11.3 Å². The molecule has 3 heterocycles. The van der Waals surface area contributed by atoms with Crippen LogP contribution in [-0.2, 0) is 10.1 Å². The first-order valence-electron chi connectivity index (χ1n) is 8.55. The smallest absolute Gasteiger partial charge is 0.167 e. The Morgan fingerprint density at radius 1 is 1.32 bits per heavy atom. The Bertz CT molecular complexity index is 775. The van der Waals surface area contributed by atoms with Crippen molar-refractivity contribution in [1.29, 1.82) is 0 Å². The molecule has 2 aromatic heterocycles. The number of aliphatic hydroxyl groups is 2. The van der Waals surface area contributed by atoms with Crippen LogP contribution in [0.4, 0.5) is 5.82 Å². The highest BCUT2D eigenvalue weighted by atomic mass is 28.3. The van der Waals surface area contributed by atoms with Crippen molar-refractivity contribution >= 4 is 25.8 Å². The summed E-state index contributed by atoms with van der Waals surface area (Å²) in [6.45, 7) is 10.3. The van der Waals surface area contributed by atoms with E-state index in [9.17, 15) is 10.2 Å². The maximum atomic E-state index is 10.9. The molecule has 1 saturated heterocycles. The lowest BCUT2D eigenvalue weighted by Gasteiger charge is -2.45. The van der Waals surface area contributed by atoms with Crippen molar-refractivity contribution in [3.05, 3.63) is 12.7 Å². The van der Waals surface area contributed by atoms with Gasteiger partial charge in [-0.1, -0.05) is 33.9 Å². The Kier molecular flexibility index (Phi) is 4.39. The van der Waals surface area contributed by atoms with Crippen LogP contribution in [0.25, 0.3) is 11.2 Å². The zero-order valence-electron chi connectivity index (χ0n) is 15.3. The van der Waals surface area contributed by atoms with E-state index in [1.807, 2.05) is 4.57 Å². The largest absolute Gasteiger partial charge is 0.394 e. The SMILES string of the molecule is C[SiH](C)[C@@]1(n2cnc3c(N)ncnc32)O[C@H](CO)[C@@H](O)[C@H]1C(C)(C)C. The van der Waals surface area contributed by atoms with Gasteiger partial charge in [-0.2, -0.15) is 0 Å². The van der Waals surface area contributed by atoms with Crippen LogP contribution in [-0.4, -0.2) is 57.3 Å². The van der Waals surface area contributed by atoms with Crippen LogP contribution in [0.3, 0.4) is 0 Å². The van der Waals surface area contributed by atoms with Gasteiger partial charge in [0.05, 0.1) is 27.8 Å². The summed E-state index contributed by atoms with van der Waals surface area (Å²) in [4.78, 5) is 12.8. The molecule has 0 bridgehead atoms. The van der Waals surface area contributed by atoms with Crippen molar-refractivity contribution < 1.29 is 14.9 Å². The molecule has 1 aliphatic rings. The normalized spacial score (nSPS) is 30.5. The van der Waals surface area contributed by atoms with E-state index in [-0.39, 0.29) is 17.9 Å². The van der Waals surface area contributed by atoms with Gasteiger partial charge < -0.3 is 20.7 Å². The van der Waals surface area contributed by atoms with Crippen molar-refractivity contribution in [3.63, 3.8) is 0 Å². The van der Waals surface area contributed by atoms with Crippen LogP contribution >= 0.6 is 0 Å². The summed E-state index contributed by atoms with van der Waals surface area (Å²) in [6, 6.07) is 0. The molecule has 0 aliphatic carbocycles. The molecule has 4 atom stereocenters. The molecule has 0 aromatic carbocycles. The topological polar surface area (TPSA) is 119 Å². The molecule has 1 fully saturated rings. The van der Waals surface area contributed by atoms with Gasteiger partial charge in [0.25, 0.3) is 0 Å². The summed E-state index contributed by atoms with van der Waals surface area (Å²) in [5.74, 6) is 0.0892. The van der Waals surface area contributed by atoms with E-state index in [1.165, 1.54) is 6.33 Å². The van der Waals surface area contributed by atoms with Crippen LogP contribution < -0.4 is 5.73 Å². The number of nitrogens with two attached hydrogens (primary N) is 1. The Morgan fingerprint density at radius 2 is 2.00 bits per heavy atom. The second-order valence-electron chi connectivity index (χ2n) is 8.13. The fourth-order valence-electron chi connectivity index (χ4n) is 4.21. The van der Waals surface area contributed by atoms with Crippen LogP contribution in [0, 0.1) is 11.3 Å². The number of rotatable bonds is 3. The Hall–Kier alpha value is -1.55. The molecular weight excluding hydrogens is 338 g/mol. The quantitative estimate of drug-likeness (QED) is 0.678. The first-order valence-corrected chi connectivity index (χ1v) is 11.4. The minimum Gasteiger partial charge on any atom is -0.394 e. The molecule has 25 heavy (non-hydrogen) atoms. The predicted molar refractivity (Wildman–Crippen MR) is 97.5 cm³/mol. The van der Waals surface area contributed by atoms with E-state index in [0.717, 1.165) is 0 Å². The number of aliphatic hydroxyl groups excluding tert-OH is 2. The van der Waals surface area contributed by atoms with Gasteiger partial charge in [-0.05, 0) is 5.41 Å². The zero-order valence-corrected chi connectivity index (χ0v) is 16.5. The second kappa shape index (κ2) is 6.01. The molecule has 0 spiro atoms. The molecule has 8 nitrogen and oxygen atoms in total. The highest BCUT2D eigenvalue weighted by molar-refractivity contribution is 6.58. The van der Waals surface area contributed by atoms with Crippen molar-refractivity contribution in [3.8, 4) is 0 Å². The second-order valence-corrected chi connectivity index (χ2v) is 11.3. The molecule has 3 rings (SSSR count). The standard InChI is InChI=1S/C16H27N5O3Si/c1-15(2,3)12-11(23)9(6-22)24-16(12,25(4)5)21-8-20-10-13(17)18-7-19-14(10)21/h7-9,11-12,22-23,25H,6H2,1-5H3,(H2,17,18,19)/t9-,11-,12+,16+/m1/s1. The minimum absolute atomic E-state index is 0.225. The first kappa shape index (κ1) is 18.2. The van der Waals surface area contributed by atoms with E-state index < -0.39 is 26.4 Å². The summed E-state index contributed by atoms with van der Waals surface area (Å²) in [5, 5.41) is 19.9. The average Bonchev–Trinajstić information content (AvgIpc) is 3.07. The number of nitrogen functional groups attached to an aromatic ring is 1. The van der Waals surface area contributed by atoms with E-state index in [4.69, 9.17) is 10.5 Å². The minimum atomic E-state index is -1.59. The van der Waals surface area contributed by atoms with E-state index in [0.29, 0.717) is 17.0 Å². The highest BCUT2D eigenvalue weighted by Gasteiger charge is 2.61. The molecule has 1 aliphatic heterocycles. The molecule has 0 amide bonds. The first-order chi connectivity index (χ1) is 11.6. The molecule has 0 saturated carbocycles. The predicted octanol–water partition coefficient (Wildman–Crippen LogP) is 0.501. The third-order valence-corrected chi connectivity index (χ3v) is 7.61. The van der Waals surface area contributed by atoms with Gasteiger partial charge in [-0.15, -0.1) is 0 Å². The lowest BCUT2D eigenvalue weighted by atomic mass is 9.76. The van der Waals surface area contributed by atoms with Gasteiger partial charge in [0, 0.05) is 5.92 Å². The number of hydrogen-bond acceptors (Lipinski definition) is 7. The van der Waals surface area contributed by atoms with Crippen LogP contribution in [0.5, 0.6) is 0 Å². The number of imidazole rings is 1. The van der Waals surface area contributed by atoms with Crippen LogP contribution in [0.2, 0.25) is 13.1 Å². The number of nitrogens with zero attached hydrogens (tertiary/aromatic N) is 4. The van der Waals surface area contributed by atoms with Crippen molar-refractivity contribution in [2.45, 2.75) is 51.4 Å².